The Morgan fingerprint density at radius 2 is 1.90 bits per heavy atom. The maximum atomic E-state index is 12.2. The largest absolute Gasteiger partial charge is 0.453 e. The Balaban J connectivity index is 1.87. The second kappa shape index (κ2) is 6.75. The van der Waals surface area contributed by atoms with E-state index in [9.17, 15) is 9.59 Å². The molecule has 1 saturated heterocycles. The summed E-state index contributed by atoms with van der Waals surface area (Å²) in [7, 11) is 1.35. The van der Waals surface area contributed by atoms with Crippen LogP contribution in [-0.4, -0.2) is 37.1 Å². The number of benzene rings is 1. The van der Waals surface area contributed by atoms with E-state index in [4.69, 9.17) is 5.26 Å². The van der Waals surface area contributed by atoms with Crippen LogP contribution in [0.1, 0.15) is 18.4 Å². The predicted octanol–water partition coefficient (Wildman–Crippen LogP) is 1.98. The van der Waals surface area contributed by atoms with Crippen LogP contribution in [0, 0.1) is 17.2 Å². The molecule has 110 valence electrons. The zero-order valence-corrected chi connectivity index (χ0v) is 11.8. The molecule has 0 saturated carbocycles. The number of nitrogens with one attached hydrogen (secondary N) is 1. The van der Waals surface area contributed by atoms with Crippen LogP contribution in [-0.2, 0) is 9.53 Å². The maximum Gasteiger partial charge on any atom is 0.409 e. The lowest BCUT2D eigenvalue weighted by Gasteiger charge is -2.30. The zero-order chi connectivity index (χ0) is 15.2. The van der Waals surface area contributed by atoms with Gasteiger partial charge in [0.25, 0.3) is 0 Å². The summed E-state index contributed by atoms with van der Waals surface area (Å²) in [5.41, 5.74) is 1.23. The van der Waals surface area contributed by atoms with Crippen molar-refractivity contribution in [3.8, 4) is 6.07 Å². The second-order valence-electron chi connectivity index (χ2n) is 4.91. The van der Waals surface area contributed by atoms with Crippen molar-refractivity contribution in [1.82, 2.24) is 4.90 Å². The predicted molar refractivity (Wildman–Crippen MR) is 76.5 cm³/mol. The van der Waals surface area contributed by atoms with Crippen LogP contribution < -0.4 is 5.32 Å². The van der Waals surface area contributed by atoms with Crippen molar-refractivity contribution in [3.63, 3.8) is 0 Å². The molecule has 1 aromatic rings. The van der Waals surface area contributed by atoms with Gasteiger partial charge in [-0.05, 0) is 37.1 Å². The van der Waals surface area contributed by atoms with Crippen molar-refractivity contribution in [2.24, 2.45) is 5.92 Å². The first-order valence-corrected chi connectivity index (χ1v) is 6.78. The summed E-state index contributed by atoms with van der Waals surface area (Å²) in [6, 6.07) is 8.77. The summed E-state index contributed by atoms with van der Waals surface area (Å²) < 4.78 is 4.66. The Bertz CT molecular complexity index is 555. The van der Waals surface area contributed by atoms with Crippen molar-refractivity contribution in [2.45, 2.75) is 12.8 Å². The number of nitrogens with zero attached hydrogens (tertiary/aromatic N) is 2. The standard InChI is InChI=1S/C15H17N3O3/c1-21-15(20)18-8-6-12(7-9-18)14(19)17-13-4-2-11(10-16)3-5-13/h2-5,12H,6-9H2,1H3,(H,17,19). The Hall–Kier alpha value is -2.55. The van der Waals surface area contributed by atoms with Gasteiger partial charge in [0.15, 0.2) is 0 Å². The van der Waals surface area contributed by atoms with Gasteiger partial charge < -0.3 is 15.0 Å². The number of carbonyl (C=O) groups is 2. The smallest absolute Gasteiger partial charge is 0.409 e. The second-order valence-corrected chi connectivity index (χ2v) is 4.91. The first-order valence-electron chi connectivity index (χ1n) is 6.78. The Morgan fingerprint density at radius 3 is 2.43 bits per heavy atom. The molecule has 2 rings (SSSR count). The third-order valence-electron chi connectivity index (χ3n) is 3.58. The van der Waals surface area contributed by atoms with Gasteiger partial charge in [0.05, 0.1) is 18.7 Å². The minimum atomic E-state index is -0.346. The average molecular weight is 287 g/mol. The van der Waals surface area contributed by atoms with Gasteiger partial charge in [0, 0.05) is 24.7 Å². The molecule has 1 aliphatic heterocycles. The minimum absolute atomic E-state index is 0.0516. The number of amides is 2. The molecule has 0 spiro atoms. The van der Waals surface area contributed by atoms with Crippen LogP contribution in [0.25, 0.3) is 0 Å². The average Bonchev–Trinajstić information content (AvgIpc) is 2.55. The number of carbonyl (C=O) groups excluding carboxylic acids is 2. The van der Waals surface area contributed by atoms with E-state index in [0.717, 1.165) is 0 Å². The molecule has 1 N–H and O–H groups in total. The third kappa shape index (κ3) is 3.72. The van der Waals surface area contributed by atoms with E-state index in [0.29, 0.717) is 37.2 Å². The van der Waals surface area contributed by atoms with Gasteiger partial charge in [-0.15, -0.1) is 0 Å². The number of rotatable bonds is 2. The molecule has 0 unspecified atom stereocenters. The molecule has 1 aromatic carbocycles. The summed E-state index contributed by atoms with van der Waals surface area (Å²) in [5, 5.41) is 11.6. The number of hydrogen-bond acceptors (Lipinski definition) is 4. The molecule has 0 aliphatic carbocycles. The van der Waals surface area contributed by atoms with Crippen LogP contribution in [0.15, 0.2) is 24.3 Å². The van der Waals surface area contributed by atoms with Crippen LogP contribution in [0.3, 0.4) is 0 Å². The normalized spacial score (nSPS) is 15.1. The number of nitriles is 1. The highest BCUT2D eigenvalue weighted by atomic mass is 16.5. The van der Waals surface area contributed by atoms with Gasteiger partial charge in [-0.1, -0.05) is 0 Å². The highest BCUT2D eigenvalue weighted by molar-refractivity contribution is 5.92. The fourth-order valence-electron chi connectivity index (χ4n) is 2.33. The number of likely N-dealkylation sites (tertiary alicyclic amines) is 1. The van der Waals surface area contributed by atoms with E-state index >= 15 is 0 Å². The SMILES string of the molecule is COC(=O)N1CCC(C(=O)Nc2ccc(C#N)cc2)CC1. The first kappa shape index (κ1) is 14.9. The van der Waals surface area contributed by atoms with Crippen molar-refractivity contribution in [2.75, 3.05) is 25.5 Å². The van der Waals surface area contributed by atoms with E-state index in [1.165, 1.54) is 7.11 Å². The number of anilines is 1. The van der Waals surface area contributed by atoms with Crippen molar-refractivity contribution >= 4 is 17.7 Å². The van der Waals surface area contributed by atoms with E-state index in [2.05, 4.69) is 10.1 Å². The van der Waals surface area contributed by atoms with Crippen LogP contribution >= 0.6 is 0 Å². The summed E-state index contributed by atoms with van der Waals surface area (Å²) >= 11 is 0. The molecule has 1 fully saturated rings. The zero-order valence-electron chi connectivity index (χ0n) is 11.8. The summed E-state index contributed by atoms with van der Waals surface area (Å²) in [4.78, 5) is 25.1. The highest BCUT2D eigenvalue weighted by Crippen LogP contribution is 2.20. The fourth-order valence-corrected chi connectivity index (χ4v) is 2.33. The molecule has 0 bridgehead atoms. The molecule has 1 heterocycles. The lowest BCUT2D eigenvalue weighted by Crippen LogP contribution is -2.41. The van der Waals surface area contributed by atoms with E-state index < -0.39 is 0 Å². The molecule has 1 aliphatic rings. The molecule has 0 radical (unpaired) electrons. The first-order chi connectivity index (χ1) is 10.1. The number of methoxy groups -OCH3 is 1. The van der Waals surface area contributed by atoms with E-state index in [1.807, 2.05) is 6.07 Å². The molecule has 2 amide bonds. The van der Waals surface area contributed by atoms with Gasteiger partial charge in [-0.2, -0.15) is 5.26 Å². The van der Waals surface area contributed by atoms with E-state index in [-0.39, 0.29) is 17.9 Å². The quantitative estimate of drug-likeness (QED) is 0.901. The number of hydrogen-bond donors (Lipinski definition) is 1. The van der Waals surface area contributed by atoms with Crippen LogP contribution in [0.2, 0.25) is 0 Å². The Labute approximate surface area is 123 Å². The maximum absolute atomic E-state index is 12.2. The fraction of sp³-hybridized carbons (Fsp3) is 0.400. The van der Waals surface area contributed by atoms with Crippen molar-refractivity contribution in [3.05, 3.63) is 29.8 Å². The molecular weight excluding hydrogens is 270 g/mol. The number of piperidine rings is 1. The van der Waals surface area contributed by atoms with Crippen LogP contribution in [0.5, 0.6) is 0 Å². The van der Waals surface area contributed by atoms with Gasteiger partial charge >= 0.3 is 6.09 Å². The molecule has 6 nitrogen and oxygen atoms in total. The summed E-state index contributed by atoms with van der Waals surface area (Å²) in [5.74, 6) is -0.161. The number of ether oxygens (including phenoxy) is 1. The van der Waals surface area contributed by atoms with Gasteiger partial charge in [-0.25, -0.2) is 4.79 Å². The van der Waals surface area contributed by atoms with Gasteiger partial charge in [0.1, 0.15) is 0 Å². The molecular formula is C15H17N3O3. The van der Waals surface area contributed by atoms with E-state index in [1.54, 1.807) is 29.2 Å². The minimum Gasteiger partial charge on any atom is -0.453 e. The lowest BCUT2D eigenvalue weighted by molar-refractivity contribution is -0.121. The Morgan fingerprint density at radius 1 is 1.29 bits per heavy atom. The molecule has 6 heteroatoms. The molecule has 21 heavy (non-hydrogen) atoms. The van der Waals surface area contributed by atoms with Crippen molar-refractivity contribution < 1.29 is 14.3 Å². The third-order valence-corrected chi connectivity index (χ3v) is 3.58. The molecule has 0 atom stereocenters. The topological polar surface area (TPSA) is 82.4 Å². The van der Waals surface area contributed by atoms with Gasteiger partial charge in [-0.3, -0.25) is 4.79 Å². The molecule has 0 aromatic heterocycles. The lowest BCUT2D eigenvalue weighted by atomic mass is 9.96. The summed E-state index contributed by atoms with van der Waals surface area (Å²) in [6.07, 6.45) is 0.898. The van der Waals surface area contributed by atoms with Crippen LogP contribution in [0.4, 0.5) is 10.5 Å². The van der Waals surface area contributed by atoms with Gasteiger partial charge in [0.2, 0.25) is 5.91 Å². The Kier molecular flexibility index (Phi) is 4.77. The monoisotopic (exact) mass is 287 g/mol. The van der Waals surface area contributed by atoms with Crippen molar-refractivity contribution in [1.29, 1.82) is 5.26 Å². The summed E-state index contributed by atoms with van der Waals surface area (Å²) in [6.45, 7) is 1.05. The highest BCUT2D eigenvalue weighted by Gasteiger charge is 2.27.